The van der Waals surface area contributed by atoms with Crippen LogP contribution in [0.5, 0.6) is 0 Å². The Morgan fingerprint density at radius 1 is 1.33 bits per heavy atom. The number of sulfone groups is 1. The zero-order valence-corrected chi connectivity index (χ0v) is 10.8. The van der Waals surface area contributed by atoms with Crippen molar-refractivity contribution in [1.82, 2.24) is 4.90 Å². The largest absolute Gasteiger partial charge is 0.341 e. The molecule has 0 aromatic heterocycles. The number of unbranched alkanes of at least 4 members (excludes halogenated alkanes) is 1. The van der Waals surface area contributed by atoms with E-state index >= 15 is 0 Å². The second-order valence-electron chi connectivity index (χ2n) is 3.49. The van der Waals surface area contributed by atoms with E-state index in [1.54, 1.807) is 0 Å². The second kappa shape index (κ2) is 7.06. The molecule has 0 aromatic rings. The van der Waals surface area contributed by atoms with E-state index in [0.717, 1.165) is 19.1 Å². The molecule has 0 bridgehead atoms. The van der Waals surface area contributed by atoms with E-state index in [0.29, 0.717) is 19.0 Å². The zero-order chi connectivity index (χ0) is 11.9. The van der Waals surface area contributed by atoms with Gasteiger partial charge in [-0.25, -0.2) is 8.42 Å². The molecule has 0 aromatic carbocycles. The molecular weight excluding hydrogens is 238 g/mol. The molecule has 0 spiro atoms. The van der Waals surface area contributed by atoms with Crippen LogP contribution in [-0.4, -0.2) is 50.2 Å². The van der Waals surface area contributed by atoms with Crippen LogP contribution < -0.4 is 0 Å². The lowest BCUT2D eigenvalue weighted by Crippen LogP contribution is -2.37. The third-order valence-electron chi connectivity index (χ3n) is 1.87. The molecule has 1 amide bonds. The van der Waals surface area contributed by atoms with Crippen LogP contribution in [0.2, 0.25) is 0 Å². The number of hydrogen-bond acceptors (Lipinski definition) is 3. The van der Waals surface area contributed by atoms with Gasteiger partial charge in [0.15, 0.2) is 9.84 Å². The van der Waals surface area contributed by atoms with Crippen LogP contribution in [0.3, 0.4) is 0 Å². The van der Waals surface area contributed by atoms with E-state index in [-0.39, 0.29) is 5.91 Å². The molecule has 0 aliphatic heterocycles. The van der Waals surface area contributed by atoms with Crippen molar-refractivity contribution in [3.05, 3.63) is 0 Å². The molecule has 0 rings (SSSR count). The quantitative estimate of drug-likeness (QED) is 0.635. The maximum absolute atomic E-state index is 11.5. The predicted octanol–water partition coefficient (Wildman–Crippen LogP) is 0.899. The zero-order valence-electron chi connectivity index (χ0n) is 9.20. The molecule has 4 nitrogen and oxygen atoms in total. The van der Waals surface area contributed by atoms with Gasteiger partial charge in [0.05, 0.1) is 0 Å². The average Bonchev–Trinajstić information content (AvgIpc) is 2.09. The van der Waals surface area contributed by atoms with Crippen LogP contribution in [0, 0.1) is 0 Å². The van der Waals surface area contributed by atoms with Gasteiger partial charge in [-0.2, -0.15) is 0 Å². The molecule has 0 saturated heterocycles. The topological polar surface area (TPSA) is 54.5 Å². The minimum Gasteiger partial charge on any atom is -0.341 e. The molecule has 0 atom stereocenters. The number of carbonyl (C=O) groups is 1. The van der Waals surface area contributed by atoms with E-state index in [4.69, 9.17) is 11.6 Å². The van der Waals surface area contributed by atoms with Gasteiger partial charge in [0.2, 0.25) is 5.91 Å². The number of alkyl halides is 1. The highest BCUT2D eigenvalue weighted by atomic mass is 35.5. The fourth-order valence-electron chi connectivity index (χ4n) is 1.13. The van der Waals surface area contributed by atoms with E-state index in [1.807, 2.05) is 6.92 Å². The molecule has 6 heteroatoms. The third kappa shape index (κ3) is 7.62. The molecule has 15 heavy (non-hydrogen) atoms. The standard InChI is InChI=1S/C9H18ClNO3S/c1-3-4-6-11(7-5-10)9(12)8-15(2,13)14/h3-8H2,1-2H3. The second-order valence-corrected chi connectivity index (χ2v) is 6.01. The summed E-state index contributed by atoms with van der Waals surface area (Å²) in [7, 11) is -3.25. The van der Waals surface area contributed by atoms with Gasteiger partial charge >= 0.3 is 0 Å². The summed E-state index contributed by atoms with van der Waals surface area (Å²) in [4.78, 5) is 13.1. The summed E-state index contributed by atoms with van der Waals surface area (Å²) in [6, 6.07) is 0. The van der Waals surface area contributed by atoms with Crippen LogP contribution in [0.25, 0.3) is 0 Å². The summed E-state index contributed by atoms with van der Waals surface area (Å²) in [5.41, 5.74) is 0. The lowest BCUT2D eigenvalue weighted by molar-refractivity contribution is -0.128. The smallest absolute Gasteiger partial charge is 0.237 e. The Bertz CT molecular complexity index is 290. The lowest BCUT2D eigenvalue weighted by Gasteiger charge is -2.20. The molecule has 0 heterocycles. The van der Waals surface area contributed by atoms with Gasteiger partial charge in [-0.15, -0.1) is 11.6 Å². The van der Waals surface area contributed by atoms with Gasteiger partial charge in [-0.05, 0) is 6.42 Å². The van der Waals surface area contributed by atoms with Crippen molar-refractivity contribution in [3.63, 3.8) is 0 Å². The number of hydrogen-bond donors (Lipinski definition) is 0. The minimum absolute atomic E-state index is 0.333. The fraction of sp³-hybridized carbons (Fsp3) is 0.889. The summed E-state index contributed by atoms with van der Waals surface area (Å²) in [5.74, 6) is -0.445. The summed E-state index contributed by atoms with van der Waals surface area (Å²) in [6.45, 7) is 3.01. The first-order chi connectivity index (χ1) is 6.90. The summed E-state index contributed by atoms with van der Waals surface area (Å²) < 4.78 is 21.9. The van der Waals surface area contributed by atoms with Crippen LogP contribution >= 0.6 is 11.6 Å². The molecule has 0 aliphatic rings. The lowest BCUT2D eigenvalue weighted by atomic mass is 10.3. The summed E-state index contributed by atoms with van der Waals surface area (Å²) >= 11 is 5.55. The Hall–Kier alpha value is -0.290. The first-order valence-corrected chi connectivity index (χ1v) is 7.51. The van der Waals surface area contributed by atoms with E-state index < -0.39 is 15.6 Å². The average molecular weight is 256 g/mol. The Kier molecular flexibility index (Phi) is 6.92. The van der Waals surface area contributed by atoms with Gasteiger partial charge in [0.1, 0.15) is 5.75 Å². The number of halogens is 1. The van der Waals surface area contributed by atoms with Gasteiger partial charge in [0, 0.05) is 25.2 Å². The highest BCUT2D eigenvalue weighted by molar-refractivity contribution is 7.91. The van der Waals surface area contributed by atoms with Crippen molar-refractivity contribution in [2.75, 3.05) is 31.0 Å². The maximum atomic E-state index is 11.5. The van der Waals surface area contributed by atoms with Crippen molar-refractivity contribution in [1.29, 1.82) is 0 Å². The SMILES string of the molecule is CCCCN(CCCl)C(=O)CS(C)(=O)=O. The van der Waals surface area contributed by atoms with Crippen LogP contribution in [0.15, 0.2) is 0 Å². The Labute approximate surface area is 96.5 Å². The monoisotopic (exact) mass is 255 g/mol. The number of nitrogens with zero attached hydrogens (tertiary/aromatic N) is 1. The normalized spacial score (nSPS) is 11.4. The van der Waals surface area contributed by atoms with Crippen LogP contribution in [0.1, 0.15) is 19.8 Å². The third-order valence-corrected chi connectivity index (χ3v) is 2.81. The highest BCUT2D eigenvalue weighted by Crippen LogP contribution is 1.99. The van der Waals surface area contributed by atoms with Gasteiger partial charge in [-0.1, -0.05) is 13.3 Å². The number of rotatable bonds is 7. The minimum atomic E-state index is -3.25. The summed E-state index contributed by atoms with van der Waals surface area (Å²) in [5, 5.41) is 0. The summed E-state index contributed by atoms with van der Waals surface area (Å²) in [6.07, 6.45) is 2.89. The number of carbonyl (C=O) groups excluding carboxylic acids is 1. The fourth-order valence-corrected chi connectivity index (χ4v) is 1.96. The Morgan fingerprint density at radius 3 is 2.33 bits per heavy atom. The van der Waals surface area contributed by atoms with Gasteiger partial charge in [-0.3, -0.25) is 4.79 Å². The van der Waals surface area contributed by atoms with E-state index in [9.17, 15) is 13.2 Å². The molecule has 0 fully saturated rings. The molecule has 0 radical (unpaired) electrons. The Morgan fingerprint density at radius 2 is 1.93 bits per heavy atom. The van der Waals surface area contributed by atoms with Crippen LogP contribution in [-0.2, 0) is 14.6 Å². The number of amides is 1. The molecule has 0 saturated carbocycles. The van der Waals surface area contributed by atoms with Crippen molar-refractivity contribution in [2.45, 2.75) is 19.8 Å². The molecular formula is C9H18ClNO3S. The molecule has 90 valence electrons. The van der Waals surface area contributed by atoms with Crippen molar-refractivity contribution < 1.29 is 13.2 Å². The van der Waals surface area contributed by atoms with Crippen molar-refractivity contribution in [3.8, 4) is 0 Å². The van der Waals surface area contributed by atoms with E-state index in [1.165, 1.54) is 4.90 Å². The van der Waals surface area contributed by atoms with Crippen molar-refractivity contribution in [2.24, 2.45) is 0 Å². The van der Waals surface area contributed by atoms with Gasteiger partial charge in [0.25, 0.3) is 0 Å². The predicted molar refractivity (Wildman–Crippen MR) is 61.9 cm³/mol. The molecule has 0 aliphatic carbocycles. The van der Waals surface area contributed by atoms with Crippen molar-refractivity contribution >= 4 is 27.3 Å². The van der Waals surface area contributed by atoms with Crippen LogP contribution in [0.4, 0.5) is 0 Å². The molecule has 0 unspecified atom stereocenters. The first kappa shape index (κ1) is 14.7. The highest BCUT2D eigenvalue weighted by Gasteiger charge is 2.17. The Balaban J connectivity index is 4.28. The first-order valence-electron chi connectivity index (χ1n) is 4.92. The van der Waals surface area contributed by atoms with E-state index in [2.05, 4.69) is 0 Å². The maximum Gasteiger partial charge on any atom is 0.237 e. The molecule has 0 N–H and O–H groups in total. The van der Waals surface area contributed by atoms with Gasteiger partial charge < -0.3 is 4.90 Å².